The standard InChI is InChI=1S/C8H9NO2S2/c10-7(11)3-5-13-6-2-1-4-9-8(6)12/h1-2,4H,3,5H2,(H,9,12)(H,10,11). The third kappa shape index (κ3) is 3.61. The Bertz CT molecular complexity index is 348. The van der Waals surface area contributed by atoms with Crippen molar-refractivity contribution in [1.82, 2.24) is 4.98 Å². The van der Waals surface area contributed by atoms with Crippen LogP contribution in [0.1, 0.15) is 6.42 Å². The van der Waals surface area contributed by atoms with Gasteiger partial charge >= 0.3 is 5.97 Å². The molecule has 0 aliphatic heterocycles. The first-order valence-electron chi connectivity index (χ1n) is 3.72. The van der Waals surface area contributed by atoms with Crippen molar-refractivity contribution in [2.75, 3.05) is 5.75 Å². The molecule has 1 aromatic heterocycles. The van der Waals surface area contributed by atoms with Crippen LogP contribution in [0.25, 0.3) is 0 Å². The Balaban J connectivity index is 2.50. The number of carboxylic acids is 1. The number of nitrogens with one attached hydrogen (secondary N) is 1. The molecule has 2 N–H and O–H groups in total. The Labute approximate surface area is 85.2 Å². The number of aliphatic carboxylic acids is 1. The van der Waals surface area contributed by atoms with Gasteiger partial charge < -0.3 is 10.1 Å². The summed E-state index contributed by atoms with van der Waals surface area (Å²) in [6.45, 7) is 0. The third-order valence-electron chi connectivity index (χ3n) is 1.36. The van der Waals surface area contributed by atoms with E-state index < -0.39 is 5.97 Å². The van der Waals surface area contributed by atoms with Gasteiger partial charge in [-0.2, -0.15) is 0 Å². The highest BCUT2D eigenvalue weighted by Crippen LogP contribution is 2.18. The number of rotatable bonds is 4. The topological polar surface area (TPSA) is 53.1 Å². The van der Waals surface area contributed by atoms with E-state index in [-0.39, 0.29) is 6.42 Å². The second-order valence-corrected chi connectivity index (χ2v) is 3.90. The lowest BCUT2D eigenvalue weighted by Gasteiger charge is -1.98. The monoisotopic (exact) mass is 215 g/mol. The van der Waals surface area contributed by atoms with Crippen molar-refractivity contribution < 1.29 is 9.90 Å². The fourth-order valence-electron chi connectivity index (χ4n) is 0.768. The number of carboxylic acid groups (broad SMARTS) is 1. The third-order valence-corrected chi connectivity index (χ3v) is 2.88. The molecular formula is C8H9NO2S2. The largest absolute Gasteiger partial charge is 0.481 e. The number of aromatic nitrogens is 1. The van der Waals surface area contributed by atoms with Crippen LogP contribution in [0.5, 0.6) is 0 Å². The molecule has 0 atom stereocenters. The fraction of sp³-hybridized carbons (Fsp3) is 0.250. The number of hydrogen-bond acceptors (Lipinski definition) is 3. The maximum atomic E-state index is 10.2. The van der Waals surface area contributed by atoms with Gasteiger partial charge in [-0.25, -0.2) is 0 Å². The fourth-order valence-corrected chi connectivity index (χ4v) is 1.94. The molecule has 0 unspecified atom stereocenters. The highest BCUT2D eigenvalue weighted by atomic mass is 32.2. The highest BCUT2D eigenvalue weighted by Gasteiger charge is 1.99. The first-order valence-corrected chi connectivity index (χ1v) is 5.12. The molecule has 0 spiro atoms. The zero-order chi connectivity index (χ0) is 9.68. The van der Waals surface area contributed by atoms with E-state index in [2.05, 4.69) is 4.98 Å². The first-order chi connectivity index (χ1) is 6.20. The Kier molecular flexibility index (Phi) is 3.98. The van der Waals surface area contributed by atoms with Gasteiger partial charge in [-0.05, 0) is 12.1 Å². The maximum absolute atomic E-state index is 10.2. The smallest absolute Gasteiger partial charge is 0.304 e. The summed E-state index contributed by atoms with van der Waals surface area (Å²) >= 11 is 6.47. The molecule has 0 aliphatic rings. The average Bonchev–Trinajstić information content (AvgIpc) is 2.08. The van der Waals surface area contributed by atoms with Gasteiger partial charge in [0.1, 0.15) is 4.64 Å². The molecule has 0 aromatic carbocycles. The van der Waals surface area contributed by atoms with Crippen LogP contribution >= 0.6 is 24.0 Å². The van der Waals surface area contributed by atoms with Crippen LogP contribution in [0.2, 0.25) is 0 Å². The van der Waals surface area contributed by atoms with Crippen molar-refractivity contribution in [2.24, 2.45) is 0 Å². The average molecular weight is 215 g/mol. The predicted molar refractivity (Wildman–Crippen MR) is 54.6 cm³/mol. The van der Waals surface area contributed by atoms with E-state index in [1.807, 2.05) is 12.1 Å². The number of H-pyrrole nitrogens is 1. The van der Waals surface area contributed by atoms with Crippen molar-refractivity contribution >= 4 is 29.9 Å². The number of pyridine rings is 1. The Morgan fingerprint density at radius 3 is 3.08 bits per heavy atom. The Morgan fingerprint density at radius 2 is 2.46 bits per heavy atom. The molecule has 0 fully saturated rings. The van der Waals surface area contributed by atoms with E-state index >= 15 is 0 Å². The second kappa shape index (κ2) is 5.04. The van der Waals surface area contributed by atoms with Gasteiger partial charge in [0.05, 0.1) is 6.42 Å². The summed E-state index contributed by atoms with van der Waals surface area (Å²) in [4.78, 5) is 14.0. The molecule has 0 aliphatic carbocycles. The van der Waals surface area contributed by atoms with Crippen LogP contribution < -0.4 is 0 Å². The molecule has 0 radical (unpaired) electrons. The molecule has 70 valence electrons. The SMILES string of the molecule is O=C(O)CCSc1ccc[nH]c1=S. The van der Waals surface area contributed by atoms with Crippen LogP contribution in [-0.4, -0.2) is 21.8 Å². The summed E-state index contributed by atoms with van der Waals surface area (Å²) in [5, 5.41) is 8.41. The molecule has 3 nitrogen and oxygen atoms in total. The van der Waals surface area contributed by atoms with Crippen molar-refractivity contribution in [2.45, 2.75) is 11.3 Å². The molecule has 0 amide bonds. The summed E-state index contributed by atoms with van der Waals surface area (Å²) in [7, 11) is 0. The van der Waals surface area contributed by atoms with Gasteiger partial charge in [-0.3, -0.25) is 4.79 Å². The van der Waals surface area contributed by atoms with Gasteiger partial charge in [0.15, 0.2) is 0 Å². The molecule has 0 saturated heterocycles. The first kappa shape index (κ1) is 10.3. The summed E-state index contributed by atoms with van der Waals surface area (Å²) in [6, 6.07) is 3.73. The van der Waals surface area contributed by atoms with Crippen molar-refractivity contribution in [1.29, 1.82) is 0 Å². The van der Waals surface area contributed by atoms with E-state index in [1.165, 1.54) is 11.8 Å². The normalized spacial score (nSPS) is 9.85. The van der Waals surface area contributed by atoms with Gasteiger partial charge in [-0.1, -0.05) is 12.2 Å². The van der Waals surface area contributed by atoms with Gasteiger partial charge in [0, 0.05) is 16.8 Å². The van der Waals surface area contributed by atoms with E-state index in [1.54, 1.807) is 6.20 Å². The quantitative estimate of drug-likeness (QED) is 0.598. The van der Waals surface area contributed by atoms with Crippen LogP contribution in [0.15, 0.2) is 23.2 Å². The Morgan fingerprint density at radius 1 is 1.69 bits per heavy atom. The van der Waals surface area contributed by atoms with Crippen LogP contribution in [-0.2, 0) is 4.79 Å². The van der Waals surface area contributed by atoms with Gasteiger partial charge in [-0.15, -0.1) is 11.8 Å². The maximum Gasteiger partial charge on any atom is 0.304 e. The van der Waals surface area contributed by atoms with Crippen LogP contribution in [0, 0.1) is 4.64 Å². The van der Waals surface area contributed by atoms with Crippen molar-refractivity contribution in [3.8, 4) is 0 Å². The number of aromatic amines is 1. The van der Waals surface area contributed by atoms with E-state index in [4.69, 9.17) is 17.3 Å². The van der Waals surface area contributed by atoms with E-state index in [9.17, 15) is 4.79 Å². The number of carbonyl (C=O) groups is 1. The zero-order valence-corrected chi connectivity index (χ0v) is 8.45. The van der Waals surface area contributed by atoms with Crippen LogP contribution in [0.4, 0.5) is 0 Å². The summed E-state index contributed by atoms with van der Waals surface area (Å²) < 4.78 is 0.665. The molecular weight excluding hydrogens is 206 g/mol. The minimum absolute atomic E-state index is 0.161. The second-order valence-electron chi connectivity index (χ2n) is 2.36. The highest BCUT2D eigenvalue weighted by molar-refractivity contribution is 7.99. The van der Waals surface area contributed by atoms with E-state index in [0.717, 1.165) is 4.90 Å². The molecule has 0 saturated carbocycles. The lowest BCUT2D eigenvalue weighted by molar-refractivity contribution is -0.136. The molecule has 0 bridgehead atoms. The predicted octanol–water partition coefficient (Wildman–Crippen LogP) is 2.31. The molecule has 1 aromatic rings. The molecule has 5 heteroatoms. The minimum Gasteiger partial charge on any atom is -0.481 e. The van der Waals surface area contributed by atoms with Gasteiger partial charge in [0.2, 0.25) is 0 Å². The summed E-state index contributed by atoms with van der Waals surface area (Å²) in [6.07, 6.45) is 1.91. The van der Waals surface area contributed by atoms with E-state index in [0.29, 0.717) is 10.4 Å². The lowest BCUT2D eigenvalue weighted by atomic mass is 10.5. The number of hydrogen-bond donors (Lipinski definition) is 2. The number of thioether (sulfide) groups is 1. The summed E-state index contributed by atoms with van der Waals surface area (Å²) in [5.41, 5.74) is 0. The molecule has 1 rings (SSSR count). The summed E-state index contributed by atoms with van der Waals surface area (Å²) in [5.74, 6) is -0.227. The molecule has 1 heterocycles. The van der Waals surface area contributed by atoms with Crippen LogP contribution in [0.3, 0.4) is 0 Å². The minimum atomic E-state index is -0.779. The molecule has 13 heavy (non-hydrogen) atoms. The lowest BCUT2D eigenvalue weighted by Crippen LogP contribution is -1.95. The zero-order valence-electron chi connectivity index (χ0n) is 6.82. The van der Waals surface area contributed by atoms with Crippen molar-refractivity contribution in [3.05, 3.63) is 23.0 Å². The van der Waals surface area contributed by atoms with Crippen molar-refractivity contribution in [3.63, 3.8) is 0 Å². The van der Waals surface area contributed by atoms with Gasteiger partial charge in [0.25, 0.3) is 0 Å². The Hall–Kier alpha value is -0.810.